The SMILES string of the molecule is CCCN(CC1CC1)c1ccc(N=Cc2c(O)[nH]c3cc(F)ccc23)cc1F. The summed E-state index contributed by atoms with van der Waals surface area (Å²) in [6.45, 7) is 3.82. The standard InChI is InChI=1S/C22H23F2N3O/c1-2-9-27(13-14-3-4-14)21-8-6-16(11-19(21)24)25-12-18-17-7-5-15(23)10-20(17)26-22(18)28/h5-8,10-12,14,26,28H,2-4,9,13H2,1H3. The van der Waals surface area contributed by atoms with Gasteiger partial charge in [0.25, 0.3) is 0 Å². The summed E-state index contributed by atoms with van der Waals surface area (Å²) >= 11 is 0. The van der Waals surface area contributed by atoms with Crippen molar-refractivity contribution in [1.29, 1.82) is 0 Å². The number of H-pyrrole nitrogens is 1. The van der Waals surface area contributed by atoms with Crippen LogP contribution in [0.3, 0.4) is 0 Å². The molecule has 146 valence electrons. The van der Waals surface area contributed by atoms with Gasteiger partial charge in [-0.1, -0.05) is 6.92 Å². The summed E-state index contributed by atoms with van der Waals surface area (Å²) in [5, 5.41) is 10.7. The van der Waals surface area contributed by atoms with E-state index in [1.165, 1.54) is 37.3 Å². The van der Waals surface area contributed by atoms with Crippen LogP contribution >= 0.6 is 0 Å². The van der Waals surface area contributed by atoms with Crippen molar-refractivity contribution in [2.45, 2.75) is 26.2 Å². The fourth-order valence-electron chi connectivity index (χ4n) is 3.47. The van der Waals surface area contributed by atoms with Crippen molar-refractivity contribution < 1.29 is 13.9 Å². The fraction of sp³-hybridized carbons (Fsp3) is 0.318. The van der Waals surface area contributed by atoms with E-state index in [-0.39, 0.29) is 11.7 Å². The van der Waals surface area contributed by atoms with Gasteiger partial charge in [-0.05, 0) is 55.5 Å². The van der Waals surface area contributed by atoms with Gasteiger partial charge in [0.1, 0.15) is 11.6 Å². The zero-order valence-electron chi connectivity index (χ0n) is 15.8. The van der Waals surface area contributed by atoms with E-state index in [1.54, 1.807) is 18.2 Å². The van der Waals surface area contributed by atoms with Crippen LogP contribution in [0.5, 0.6) is 5.88 Å². The number of aromatic nitrogens is 1. The van der Waals surface area contributed by atoms with Crippen LogP contribution in [0.2, 0.25) is 0 Å². The molecule has 1 aliphatic carbocycles. The van der Waals surface area contributed by atoms with Gasteiger partial charge in [-0.25, -0.2) is 8.78 Å². The number of aromatic hydroxyl groups is 1. The lowest BCUT2D eigenvalue weighted by Gasteiger charge is -2.24. The molecule has 0 aliphatic heterocycles. The van der Waals surface area contributed by atoms with E-state index in [0.717, 1.165) is 19.5 Å². The monoisotopic (exact) mass is 383 g/mol. The second-order valence-corrected chi connectivity index (χ2v) is 7.36. The van der Waals surface area contributed by atoms with Crippen LogP contribution in [0.15, 0.2) is 41.4 Å². The Morgan fingerprint density at radius 2 is 2.04 bits per heavy atom. The Morgan fingerprint density at radius 3 is 2.75 bits per heavy atom. The normalized spacial score (nSPS) is 14.2. The predicted molar refractivity (Wildman–Crippen MR) is 109 cm³/mol. The highest BCUT2D eigenvalue weighted by atomic mass is 19.1. The Morgan fingerprint density at radius 1 is 1.21 bits per heavy atom. The van der Waals surface area contributed by atoms with E-state index >= 15 is 0 Å². The summed E-state index contributed by atoms with van der Waals surface area (Å²) in [7, 11) is 0. The van der Waals surface area contributed by atoms with Crippen molar-refractivity contribution in [2.75, 3.05) is 18.0 Å². The molecule has 4 nitrogen and oxygen atoms in total. The zero-order valence-corrected chi connectivity index (χ0v) is 15.8. The highest BCUT2D eigenvalue weighted by molar-refractivity contribution is 6.02. The number of aromatic amines is 1. The van der Waals surface area contributed by atoms with Crippen molar-refractivity contribution >= 4 is 28.5 Å². The molecule has 0 bridgehead atoms. The number of hydrogen-bond acceptors (Lipinski definition) is 3. The number of halogens is 2. The molecule has 6 heteroatoms. The molecule has 0 radical (unpaired) electrons. The van der Waals surface area contributed by atoms with Crippen molar-refractivity contribution in [1.82, 2.24) is 4.98 Å². The topological polar surface area (TPSA) is 51.6 Å². The lowest BCUT2D eigenvalue weighted by molar-refractivity contribution is 0.457. The van der Waals surface area contributed by atoms with Gasteiger partial charge in [0.05, 0.1) is 22.5 Å². The summed E-state index contributed by atoms with van der Waals surface area (Å²) < 4.78 is 28.1. The molecule has 0 amide bonds. The molecule has 3 aromatic rings. The summed E-state index contributed by atoms with van der Waals surface area (Å²) in [6, 6.07) is 9.16. The van der Waals surface area contributed by atoms with Crippen molar-refractivity contribution in [3.05, 3.63) is 53.6 Å². The molecule has 28 heavy (non-hydrogen) atoms. The molecule has 1 saturated carbocycles. The third kappa shape index (κ3) is 3.86. The summed E-state index contributed by atoms with van der Waals surface area (Å²) in [5.41, 5.74) is 2.00. The van der Waals surface area contributed by atoms with Crippen molar-refractivity contribution in [3.63, 3.8) is 0 Å². The van der Waals surface area contributed by atoms with Crippen LogP contribution in [0.1, 0.15) is 31.7 Å². The molecule has 1 aromatic heterocycles. The Kier molecular flexibility index (Phi) is 5.03. The Labute approximate surface area is 162 Å². The lowest BCUT2D eigenvalue weighted by atomic mass is 10.2. The van der Waals surface area contributed by atoms with Gasteiger partial charge in [-0.15, -0.1) is 0 Å². The first-order valence-corrected chi connectivity index (χ1v) is 9.64. The maximum Gasteiger partial charge on any atom is 0.198 e. The van der Waals surface area contributed by atoms with Gasteiger partial charge in [0.15, 0.2) is 5.88 Å². The largest absolute Gasteiger partial charge is 0.494 e. The minimum Gasteiger partial charge on any atom is -0.494 e. The fourth-order valence-corrected chi connectivity index (χ4v) is 3.47. The van der Waals surface area contributed by atoms with Crippen LogP contribution in [-0.2, 0) is 0 Å². The van der Waals surface area contributed by atoms with E-state index in [9.17, 15) is 13.9 Å². The van der Waals surface area contributed by atoms with Crippen LogP contribution in [-0.4, -0.2) is 29.4 Å². The first-order valence-electron chi connectivity index (χ1n) is 9.64. The molecule has 0 spiro atoms. The second-order valence-electron chi connectivity index (χ2n) is 7.36. The first-order chi connectivity index (χ1) is 13.5. The van der Waals surface area contributed by atoms with Crippen LogP contribution in [0.4, 0.5) is 20.2 Å². The van der Waals surface area contributed by atoms with Gasteiger partial charge in [0.2, 0.25) is 0 Å². The molecule has 1 heterocycles. The molecule has 4 rings (SSSR count). The van der Waals surface area contributed by atoms with Crippen LogP contribution < -0.4 is 4.90 Å². The highest BCUT2D eigenvalue weighted by Crippen LogP contribution is 2.33. The van der Waals surface area contributed by atoms with Gasteiger partial charge < -0.3 is 15.0 Å². The molecule has 1 fully saturated rings. The number of aliphatic imine (C=N–C) groups is 1. The van der Waals surface area contributed by atoms with Gasteiger partial charge in [-0.2, -0.15) is 0 Å². The minimum atomic E-state index is -0.391. The number of rotatable bonds is 7. The number of benzene rings is 2. The van der Waals surface area contributed by atoms with Gasteiger partial charge in [0, 0.05) is 30.8 Å². The number of anilines is 1. The van der Waals surface area contributed by atoms with E-state index in [4.69, 9.17) is 0 Å². The summed E-state index contributed by atoms with van der Waals surface area (Å²) in [6.07, 6.45) is 4.88. The maximum absolute atomic E-state index is 14.7. The molecular weight excluding hydrogens is 360 g/mol. The van der Waals surface area contributed by atoms with Gasteiger partial charge >= 0.3 is 0 Å². The molecule has 0 unspecified atom stereocenters. The Hall–Kier alpha value is -2.89. The van der Waals surface area contributed by atoms with Gasteiger partial charge in [-0.3, -0.25) is 4.99 Å². The molecule has 0 atom stereocenters. The van der Waals surface area contributed by atoms with E-state index < -0.39 is 5.82 Å². The maximum atomic E-state index is 14.7. The van der Waals surface area contributed by atoms with E-state index in [0.29, 0.717) is 33.8 Å². The van der Waals surface area contributed by atoms with Crippen molar-refractivity contribution in [2.24, 2.45) is 10.9 Å². The Balaban J connectivity index is 1.58. The smallest absolute Gasteiger partial charge is 0.198 e. The third-order valence-corrected chi connectivity index (χ3v) is 5.06. The minimum absolute atomic E-state index is 0.0972. The molecule has 2 N–H and O–H groups in total. The number of nitrogens with zero attached hydrogens (tertiary/aromatic N) is 2. The quantitative estimate of drug-likeness (QED) is 0.527. The van der Waals surface area contributed by atoms with Crippen molar-refractivity contribution in [3.8, 4) is 5.88 Å². The predicted octanol–water partition coefficient (Wildman–Crippen LogP) is 5.53. The number of nitrogens with one attached hydrogen (secondary N) is 1. The lowest BCUT2D eigenvalue weighted by Crippen LogP contribution is -2.27. The second kappa shape index (κ2) is 7.62. The molecule has 1 aliphatic rings. The third-order valence-electron chi connectivity index (χ3n) is 5.06. The highest BCUT2D eigenvalue weighted by Gasteiger charge is 2.25. The van der Waals surface area contributed by atoms with E-state index in [2.05, 4.69) is 21.8 Å². The average Bonchev–Trinajstić information content (AvgIpc) is 3.42. The average molecular weight is 383 g/mol. The zero-order chi connectivity index (χ0) is 19.7. The molecule has 2 aromatic carbocycles. The summed E-state index contributed by atoms with van der Waals surface area (Å²) in [4.78, 5) is 9.14. The summed E-state index contributed by atoms with van der Waals surface area (Å²) in [5.74, 6) is -0.106. The number of hydrogen-bond donors (Lipinski definition) is 2. The number of fused-ring (bicyclic) bond motifs is 1. The Bertz CT molecular complexity index is 1020. The van der Waals surface area contributed by atoms with Crippen LogP contribution in [0.25, 0.3) is 10.9 Å². The van der Waals surface area contributed by atoms with E-state index in [1.807, 2.05) is 0 Å². The first kappa shape index (κ1) is 18.5. The van der Waals surface area contributed by atoms with Crippen LogP contribution in [0, 0.1) is 17.6 Å². The molecular formula is C22H23F2N3O. The molecule has 0 saturated heterocycles.